The molecule has 8 heteroatoms. The summed E-state index contributed by atoms with van der Waals surface area (Å²) in [6.07, 6.45) is -4.71. The fourth-order valence-electron chi connectivity index (χ4n) is 3.27. The zero-order valence-electron chi connectivity index (χ0n) is 14.2. The van der Waals surface area contributed by atoms with E-state index in [2.05, 4.69) is 15.0 Å². The summed E-state index contributed by atoms with van der Waals surface area (Å²) in [5.41, 5.74) is 0.675. The zero-order valence-corrected chi connectivity index (χ0v) is 14.2. The molecule has 0 amide bonds. The van der Waals surface area contributed by atoms with Gasteiger partial charge in [-0.1, -0.05) is 6.07 Å². The molecular formula is C18H14F3N5. The van der Waals surface area contributed by atoms with Gasteiger partial charge < -0.3 is 4.90 Å². The van der Waals surface area contributed by atoms with E-state index in [4.69, 9.17) is 6.57 Å². The van der Waals surface area contributed by atoms with Crippen LogP contribution in [0, 0.1) is 24.8 Å². The van der Waals surface area contributed by atoms with Crippen molar-refractivity contribution in [2.45, 2.75) is 25.9 Å². The molecular weight excluding hydrogens is 343 g/mol. The van der Waals surface area contributed by atoms with E-state index in [9.17, 15) is 18.4 Å². The van der Waals surface area contributed by atoms with Crippen molar-refractivity contribution in [3.05, 3.63) is 63.5 Å². The van der Waals surface area contributed by atoms with E-state index in [1.165, 1.54) is 14.0 Å². The molecule has 0 saturated carbocycles. The second-order valence-corrected chi connectivity index (χ2v) is 6.07. The quantitative estimate of drug-likeness (QED) is 0.770. The molecule has 0 radical (unpaired) electrons. The summed E-state index contributed by atoms with van der Waals surface area (Å²) in [6.45, 7) is 10.7. The fourth-order valence-corrected chi connectivity index (χ4v) is 3.27. The van der Waals surface area contributed by atoms with Gasteiger partial charge in [-0.25, -0.2) is 4.85 Å². The lowest BCUT2D eigenvalue weighted by molar-refractivity contribution is -0.108. The van der Waals surface area contributed by atoms with Crippen LogP contribution in [0.1, 0.15) is 24.1 Å². The number of nitrogens with one attached hydrogen (secondary N) is 1. The molecule has 0 fully saturated rings. The lowest BCUT2D eigenvalue weighted by Crippen LogP contribution is -2.34. The zero-order chi connectivity index (χ0) is 19.2. The lowest BCUT2D eigenvalue weighted by atomic mass is 9.83. The van der Waals surface area contributed by atoms with Crippen LogP contribution in [0.25, 0.3) is 15.7 Å². The van der Waals surface area contributed by atoms with E-state index >= 15 is 0 Å². The third-order valence-corrected chi connectivity index (χ3v) is 4.64. The van der Waals surface area contributed by atoms with Crippen molar-refractivity contribution in [3.8, 4) is 6.07 Å². The summed E-state index contributed by atoms with van der Waals surface area (Å²) in [5, 5.41) is 17.2. The predicted molar refractivity (Wildman–Crippen MR) is 89.3 cm³/mol. The van der Waals surface area contributed by atoms with Crippen LogP contribution in [0.15, 0.2) is 40.9 Å². The van der Waals surface area contributed by atoms with Crippen molar-refractivity contribution in [2.24, 2.45) is 0 Å². The molecule has 5 nitrogen and oxygen atoms in total. The topological polar surface area (TPSA) is 60.1 Å². The first-order valence-corrected chi connectivity index (χ1v) is 7.68. The summed E-state index contributed by atoms with van der Waals surface area (Å²) in [7, 11) is 1.22. The van der Waals surface area contributed by atoms with Crippen molar-refractivity contribution < 1.29 is 13.2 Å². The van der Waals surface area contributed by atoms with E-state index in [0.29, 0.717) is 11.1 Å². The summed E-state index contributed by atoms with van der Waals surface area (Å²) < 4.78 is 40.9. The minimum absolute atomic E-state index is 0.109. The number of benzene rings is 1. The van der Waals surface area contributed by atoms with Gasteiger partial charge in [0.05, 0.1) is 29.6 Å². The largest absolute Gasteiger partial charge is 0.432 e. The van der Waals surface area contributed by atoms with Gasteiger partial charge in [0, 0.05) is 23.8 Å². The van der Waals surface area contributed by atoms with Gasteiger partial charge in [-0.05, 0) is 31.5 Å². The molecule has 1 aromatic heterocycles. The monoisotopic (exact) mass is 357 g/mol. The van der Waals surface area contributed by atoms with Gasteiger partial charge in [0.15, 0.2) is 5.70 Å². The molecule has 26 heavy (non-hydrogen) atoms. The van der Waals surface area contributed by atoms with E-state index < -0.39 is 23.4 Å². The first kappa shape index (κ1) is 17.6. The Morgan fingerprint density at radius 2 is 2.04 bits per heavy atom. The smallest absolute Gasteiger partial charge is 0.354 e. The maximum Gasteiger partial charge on any atom is 0.432 e. The molecule has 2 aromatic rings. The molecule has 0 saturated heterocycles. The van der Waals surface area contributed by atoms with Crippen molar-refractivity contribution in [1.29, 1.82) is 5.26 Å². The van der Waals surface area contributed by atoms with Crippen molar-refractivity contribution in [3.63, 3.8) is 0 Å². The summed E-state index contributed by atoms with van der Waals surface area (Å²) in [5.74, 6) is -1.07. The number of nitrogens with zero attached hydrogens (tertiary/aromatic N) is 4. The molecule has 1 aliphatic rings. The average molecular weight is 357 g/mol. The summed E-state index contributed by atoms with van der Waals surface area (Å²) in [6, 6.07) is 6.67. The molecule has 1 aliphatic heterocycles. The maximum absolute atomic E-state index is 13.6. The highest BCUT2D eigenvalue weighted by Gasteiger charge is 2.46. The molecule has 2 heterocycles. The molecule has 1 atom stereocenters. The standard InChI is InChI=1S/C18H14F3N5/c1-9-12-7-11(5-6-14(12)25-24-9)15-13(8-22)17(18(19,20)21)26(4)10(2)16(15)23-3/h5-7,15H,1-2,4H3,(H,24,25). The first-order chi connectivity index (χ1) is 12.2. The highest BCUT2D eigenvalue weighted by atomic mass is 19.4. The molecule has 132 valence electrons. The first-order valence-electron chi connectivity index (χ1n) is 7.68. The van der Waals surface area contributed by atoms with Crippen LogP contribution < -0.4 is 0 Å². The number of alkyl halides is 3. The Kier molecular flexibility index (Phi) is 4.00. The van der Waals surface area contributed by atoms with E-state index in [1.807, 2.05) is 0 Å². The number of aromatic nitrogens is 2. The van der Waals surface area contributed by atoms with Crippen LogP contribution in [-0.4, -0.2) is 28.3 Å². The summed E-state index contributed by atoms with van der Waals surface area (Å²) in [4.78, 5) is 4.33. The molecule has 1 unspecified atom stereocenters. The van der Waals surface area contributed by atoms with Crippen molar-refractivity contribution in [2.75, 3.05) is 7.05 Å². The van der Waals surface area contributed by atoms with Crippen molar-refractivity contribution >= 4 is 10.9 Å². The van der Waals surface area contributed by atoms with Crippen LogP contribution in [0.3, 0.4) is 0 Å². The Morgan fingerprint density at radius 3 is 2.62 bits per heavy atom. The number of hydrogen-bond acceptors (Lipinski definition) is 3. The number of hydrogen-bond donors (Lipinski definition) is 1. The Labute approximate surface area is 147 Å². The van der Waals surface area contributed by atoms with Gasteiger partial charge in [-0.2, -0.15) is 23.5 Å². The number of fused-ring (bicyclic) bond motifs is 1. The fraction of sp³-hybridized carbons (Fsp3) is 0.278. The normalized spacial score (nSPS) is 18.3. The van der Waals surface area contributed by atoms with Crippen LogP contribution in [0.4, 0.5) is 13.2 Å². The number of nitriles is 1. The van der Waals surface area contributed by atoms with Gasteiger partial charge >= 0.3 is 6.18 Å². The minimum atomic E-state index is -4.71. The Balaban J connectivity index is 2.33. The highest BCUT2D eigenvalue weighted by molar-refractivity contribution is 5.82. The molecule has 0 spiro atoms. The number of halogens is 3. The van der Waals surface area contributed by atoms with Gasteiger partial charge in [0.1, 0.15) is 5.70 Å². The van der Waals surface area contributed by atoms with Gasteiger partial charge in [-0.3, -0.25) is 5.10 Å². The molecule has 0 aliphatic carbocycles. The van der Waals surface area contributed by atoms with E-state index in [1.54, 1.807) is 31.2 Å². The SMILES string of the molecule is [C-]#[N+]C1=C(C)N(C)C(C(F)(F)F)=C(C#N)C1c1ccc2n[nH]c(C)c2c1. The van der Waals surface area contributed by atoms with Crippen LogP contribution >= 0.6 is 0 Å². The Morgan fingerprint density at radius 1 is 1.35 bits per heavy atom. The lowest BCUT2D eigenvalue weighted by Gasteiger charge is -2.35. The third-order valence-electron chi connectivity index (χ3n) is 4.64. The summed E-state index contributed by atoms with van der Waals surface area (Å²) >= 11 is 0. The second-order valence-electron chi connectivity index (χ2n) is 6.07. The third kappa shape index (κ3) is 2.51. The highest BCUT2D eigenvalue weighted by Crippen LogP contribution is 2.46. The number of aromatic amines is 1. The Hall–Kier alpha value is -3.26. The van der Waals surface area contributed by atoms with Crippen LogP contribution in [-0.2, 0) is 0 Å². The van der Waals surface area contributed by atoms with Crippen molar-refractivity contribution in [1.82, 2.24) is 15.1 Å². The number of aryl methyl sites for hydroxylation is 1. The number of H-pyrrole nitrogens is 1. The van der Waals surface area contributed by atoms with Crippen LogP contribution in [0.5, 0.6) is 0 Å². The molecule has 0 bridgehead atoms. The van der Waals surface area contributed by atoms with Gasteiger partial charge in [-0.15, -0.1) is 0 Å². The van der Waals surface area contributed by atoms with E-state index in [0.717, 1.165) is 16.0 Å². The predicted octanol–water partition coefficient (Wildman–Crippen LogP) is 4.39. The Bertz CT molecular complexity index is 1040. The maximum atomic E-state index is 13.6. The minimum Gasteiger partial charge on any atom is -0.354 e. The van der Waals surface area contributed by atoms with Crippen LogP contribution in [0.2, 0.25) is 0 Å². The average Bonchev–Trinajstić information content (AvgIpc) is 2.96. The van der Waals surface area contributed by atoms with E-state index in [-0.39, 0.29) is 11.4 Å². The van der Waals surface area contributed by atoms with Gasteiger partial charge in [0.25, 0.3) is 0 Å². The molecule has 1 N–H and O–H groups in total. The second kappa shape index (κ2) is 5.92. The molecule has 3 rings (SSSR count). The molecule has 1 aromatic carbocycles. The number of rotatable bonds is 1. The number of allylic oxidation sites excluding steroid dienone is 3. The van der Waals surface area contributed by atoms with Gasteiger partial charge in [0.2, 0.25) is 0 Å².